The number of hydrogen-bond donors (Lipinski definition) is 1. The van der Waals surface area contributed by atoms with Crippen LogP contribution in [0.3, 0.4) is 0 Å². The van der Waals surface area contributed by atoms with Gasteiger partial charge in [-0.2, -0.15) is 8.42 Å². The third-order valence-electron chi connectivity index (χ3n) is 3.17. The topological polar surface area (TPSA) is 79.7 Å². The fourth-order valence-corrected chi connectivity index (χ4v) is 2.66. The monoisotopic (exact) mass is 320 g/mol. The maximum Gasteiger partial charge on any atom is 0.451 e. The second-order valence-electron chi connectivity index (χ2n) is 4.52. The van der Waals surface area contributed by atoms with Gasteiger partial charge in [-0.15, -0.1) is 0 Å². The predicted octanol–water partition coefficient (Wildman–Crippen LogP) is 1.94. The van der Waals surface area contributed by atoms with E-state index in [1.165, 1.54) is 4.90 Å². The lowest BCUT2D eigenvalue weighted by Gasteiger charge is -2.25. The SMILES string of the molecule is COS(=O)(=O)OC(=N)N1CCC[C@@H]1c1cc(F)cc(F)c1. The molecule has 1 heterocycles. The molecule has 0 aromatic heterocycles. The van der Waals surface area contributed by atoms with Crippen LogP contribution in [0.2, 0.25) is 0 Å². The summed E-state index contributed by atoms with van der Waals surface area (Å²) >= 11 is 0. The first-order valence-corrected chi connectivity index (χ1v) is 7.47. The molecule has 1 aromatic rings. The second kappa shape index (κ2) is 5.94. The molecule has 1 aromatic carbocycles. The summed E-state index contributed by atoms with van der Waals surface area (Å²) in [6.45, 7) is 0.348. The van der Waals surface area contributed by atoms with Crippen molar-refractivity contribution in [2.75, 3.05) is 13.7 Å². The van der Waals surface area contributed by atoms with E-state index >= 15 is 0 Å². The van der Waals surface area contributed by atoms with Crippen LogP contribution in [-0.2, 0) is 18.8 Å². The number of nitrogens with one attached hydrogen (secondary N) is 1. The molecule has 0 radical (unpaired) electrons. The average Bonchev–Trinajstić information content (AvgIpc) is 2.86. The van der Waals surface area contributed by atoms with Crippen molar-refractivity contribution in [3.63, 3.8) is 0 Å². The van der Waals surface area contributed by atoms with E-state index in [0.717, 1.165) is 25.3 Å². The molecule has 0 spiro atoms. The van der Waals surface area contributed by atoms with Crippen molar-refractivity contribution >= 4 is 16.4 Å². The van der Waals surface area contributed by atoms with Crippen molar-refractivity contribution in [3.8, 4) is 0 Å². The molecule has 1 N–H and O–H groups in total. The zero-order valence-electron chi connectivity index (χ0n) is 11.2. The quantitative estimate of drug-likeness (QED) is 0.680. The molecule has 116 valence electrons. The molecular weight excluding hydrogens is 306 g/mol. The predicted molar refractivity (Wildman–Crippen MR) is 69.8 cm³/mol. The lowest BCUT2D eigenvalue weighted by Crippen LogP contribution is -2.33. The van der Waals surface area contributed by atoms with Gasteiger partial charge in [-0.05, 0) is 30.5 Å². The molecule has 9 heteroatoms. The zero-order chi connectivity index (χ0) is 15.6. The molecule has 0 bridgehead atoms. The molecule has 0 aliphatic carbocycles. The number of amidine groups is 1. The second-order valence-corrected chi connectivity index (χ2v) is 5.83. The van der Waals surface area contributed by atoms with Crippen LogP contribution in [0.25, 0.3) is 0 Å². The Kier molecular flexibility index (Phi) is 4.43. The summed E-state index contributed by atoms with van der Waals surface area (Å²) < 4.78 is 57.5. The molecular formula is C12H14F2N2O4S. The first-order chi connectivity index (χ1) is 9.82. The van der Waals surface area contributed by atoms with Gasteiger partial charge in [0, 0.05) is 12.6 Å². The molecule has 21 heavy (non-hydrogen) atoms. The van der Waals surface area contributed by atoms with Crippen LogP contribution in [-0.4, -0.2) is 33.0 Å². The fraction of sp³-hybridized carbons (Fsp3) is 0.417. The summed E-state index contributed by atoms with van der Waals surface area (Å²) in [5.41, 5.74) is 0.327. The smallest absolute Gasteiger partial charge is 0.325 e. The Morgan fingerprint density at radius 3 is 2.52 bits per heavy atom. The lowest BCUT2D eigenvalue weighted by molar-refractivity contribution is 0.277. The van der Waals surface area contributed by atoms with Gasteiger partial charge in [-0.1, -0.05) is 0 Å². The Morgan fingerprint density at radius 2 is 1.95 bits per heavy atom. The molecule has 1 atom stereocenters. The Bertz CT molecular complexity index is 630. The molecule has 2 rings (SSSR count). The van der Waals surface area contributed by atoms with Crippen molar-refractivity contribution in [2.24, 2.45) is 0 Å². The molecule has 0 amide bonds. The number of hydrogen-bond acceptors (Lipinski definition) is 5. The van der Waals surface area contributed by atoms with Gasteiger partial charge in [0.2, 0.25) is 0 Å². The van der Waals surface area contributed by atoms with E-state index in [0.29, 0.717) is 24.9 Å². The van der Waals surface area contributed by atoms with Crippen molar-refractivity contribution in [1.82, 2.24) is 4.90 Å². The van der Waals surface area contributed by atoms with Crippen LogP contribution in [0.4, 0.5) is 8.78 Å². The zero-order valence-corrected chi connectivity index (χ0v) is 12.0. The van der Waals surface area contributed by atoms with Crippen molar-refractivity contribution in [1.29, 1.82) is 5.41 Å². The number of halogens is 2. The van der Waals surface area contributed by atoms with Crippen molar-refractivity contribution < 1.29 is 25.6 Å². The van der Waals surface area contributed by atoms with E-state index in [9.17, 15) is 17.2 Å². The van der Waals surface area contributed by atoms with Gasteiger partial charge >= 0.3 is 16.4 Å². The third-order valence-corrected chi connectivity index (χ3v) is 3.94. The summed E-state index contributed by atoms with van der Waals surface area (Å²) in [6.07, 6.45) is 1.17. The van der Waals surface area contributed by atoms with Gasteiger partial charge in [0.15, 0.2) is 0 Å². The summed E-state index contributed by atoms with van der Waals surface area (Å²) in [5.74, 6) is -1.46. The summed E-state index contributed by atoms with van der Waals surface area (Å²) in [4.78, 5) is 1.32. The molecule has 6 nitrogen and oxygen atoms in total. The lowest BCUT2D eigenvalue weighted by atomic mass is 10.0. The van der Waals surface area contributed by atoms with Gasteiger partial charge in [0.1, 0.15) is 11.6 Å². The van der Waals surface area contributed by atoms with E-state index < -0.39 is 34.1 Å². The minimum atomic E-state index is -4.29. The van der Waals surface area contributed by atoms with Crippen LogP contribution in [0.15, 0.2) is 18.2 Å². The largest absolute Gasteiger partial charge is 0.451 e. The summed E-state index contributed by atoms with van der Waals surface area (Å²) in [7, 11) is -3.38. The molecule has 1 aliphatic heterocycles. The molecule has 0 unspecified atom stereocenters. The highest BCUT2D eigenvalue weighted by molar-refractivity contribution is 7.82. The number of rotatable bonds is 3. The Balaban J connectivity index is 2.22. The van der Waals surface area contributed by atoms with Crippen molar-refractivity contribution in [3.05, 3.63) is 35.4 Å². The van der Waals surface area contributed by atoms with E-state index in [-0.39, 0.29) is 0 Å². The Morgan fingerprint density at radius 1 is 1.33 bits per heavy atom. The molecule has 1 aliphatic rings. The van der Waals surface area contributed by atoms with Gasteiger partial charge in [-0.3, -0.25) is 5.41 Å². The normalized spacial score (nSPS) is 18.8. The van der Waals surface area contributed by atoms with Crippen LogP contribution in [0.1, 0.15) is 24.4 Å². The highest BCUT2D eigenvalue weighted by Crippen LogP contribution is 2.33. The van der Waals surface area contributed by atoms with Crippen LogP contribution in [0.5, 0.6) is 0 Å². The Labute approximate surface area is 121 Å². The fourth-order valence-electron chi connectivity index (χ4n) is 2.30. The summed E-state index contributed by atoms with van der Waals surface area (Å²) in [5, 5.41) is 7.69. The van der Waals surface area contributed by atoms with Gasteiger partial charge in [-0.25, -0.2) is 13.0 Å². The summed E-state index contributed by atoms with van der Waals surface area (Å²) in [6, 6.07) is 1.91. The first kappa shape index (κ1) is 15.6. The van der Waals surface area contributed by atoms with Crippen molar-refractivity contribution in [2.45, 2.75) is 18.9 Å². The minimum absolute atomic E-state index is 0.327. The maximum atomic E-state index is 13.3. The number of nitrogens with zero attached hydrogens (tertiary/aromatic N) is 1. The van der Waals surface area contributed by atoms with Gasteiger partial charge in [0.25, 0.3) is 0 Å². The molecule has 1 fully saturated rings. The standard InChI is InChI=1S/C12H14F2N2O4S/c1-19-21(17,18)20-12(15)16-4-2-3-11(16)8-5-9(13)7-10(14)6-8/h5-7,11,15H,2-4H2,1H3/t11-/m1/s1. The van der Waals surface area contributed by atoms with Crippen LogP contribution in [0, 0.1) is 17.0 Å². The van der Waals surface area contributed by atoms with E-state index in [2.05, 4.69) is 8.37 Å². The van der Waals surface area contributed by atoms with E-state index in [1.54, 1.807) is 0 Å². The molecule has 1 saturated heterocycles. The van der Waals surface area contributed by atoms with Gasteiger partial charge in [0.05, 0.1) is 13.2 Å². The average molecular weight is 320 g/mol. The minimum Gasteiger partial charge on any atom is -0.325 e. The third kappa shape index (κ3) is 3.67. The number of likely N-dealkylation sites (tertiary alicyclic amines) is 1. The highest BCUT2D eigenvalue weighted by atomic mass is 32.3. The van der Waals surface area contributed by atoms with Gasteiger partial charge < -0.3 is 9.08 Å². The van der Waals surface area contributed by atoms with E-state index in [1.807, 2.05) is 0 Å². The highest BCUT2D eigenvalue weighted by Gasteiger charge is 2.32. The Hall–Kier alpha value is -1.74. The first-order valence-electron chi connectivity index (χ1n) is 6.13. The molecule has 0 saturated carbocycles. The van der Waals surface area contributed by atoms with Crippen LogP contribution < -0.4 is 0 Å². The maximum absolute atomic E-state index is 13.3. The van der Waals surface area contributed by atoms with E-state index in [4.69, 9.17) is 5.41 Å². The number of benzene rings is 1. The van der Waals surface area contributed by atoms with Crippen LogP contribution >= 0.6 is 0 Å².